The van der Waals surface area contributed by atoms with E-state index >= 15 is 0 Å². The van der Waals surface area contributed by atoms with E-state index < -0.39 is 0 Å². The highest BCUT2D eigenvalue weighted by Crippen LogP contribution is 2.25. The van der Waals surface area contributed by atoms with Crippen LogP contribution in [0.3, 0.4) is 0 Å². The lowest BCUT2D eigenvalue weighted by molar-refractivity contribution is 0.342. The first-order chi connectivity index (χ1) is 11.2. The summed E-state index contributed by atoms with van der Waals surface area (Å²) in [5.74, 6) is 1.91. The minimum atomic E-state index is 0.440. The number of rotatable bonds is 9. The molecular weight excluding hydrogens is 292 g/mol. The number of hydrogen-bond donors (Lipinski definition) is 2. The smallest absolute Gasteiger partial charge is 0.249 e. The number of para-hydroxylation sites is 2. The van der Waals surface area contributed by atoms with Crippen LogP contribution in [0.2, 0.25) is 0 Å². The molecule has 1 aromatic heterocycles. The first-order valence-corrected chi connectivity index (χ1v) is 7.76. The van der Waals surface area contributed by atoms with Crippen LogP contribution in [-0.4, -0.2) is 53.9 Å². The van der Waals surface area contributed by atoms with Gasteiger partial charge in [-0.2, -0.15) is 10.1 Å². The van der Waals surface area contributed by atoms with E-state index in [0.717, 1.165) is 30.9 Å². The molecule has 124 valence electrons. The van der Waals surface area contributed by atoms with E-state index in [1.165, 1.54) is 0 Å². The molecule has 0 atom stereocenters. The molecule has 2 N–H and O–H groups in total. The predicted molar refractivity (Wildman–Crippen MR) is 92.4 cm³/mol. The Morgan fingerprint density at radius 3 is 2.83 bits per heavy atom. The monoisotopic (exact) mass is 316 g/mol. The van der Waals surface area contributed by atoms with Gasteiger partial charge in [0, 0.05) is 6.54 Å². The minimum Gasteiger partial charge on any atom is -0.492 e. The van der Waals surface area contributed by atoms with E-state index in [1.54, 1.807) is 6.20 Å². The predicted octanol–water partition coefficient (Wildman–Crippen LogP) is 2.38. The Morgan fingerprint density at radius 2 is 2.04 bits per heavy atom. The summed E-state index contributed by atoms with van der Waals surface area (Å²) in [5, 5.41) is 14.4. The minimum absolute atomic E-state index is 0.440. The Kier molecular flexibility index (Phi) is 6.56. The molecule has 0 saturated carbocycles. The van der Waals surface area contributed by atoms with Crippen LogP contribution in [-0.2, 0) is 0 Å². The number of hydrogen-bond acceptors (Lipinski definition) is 7. The number of nitrogens with zero attached hydrogens (tertiary/aromatic N) is 4. The normalized spacial score (nSPS) is 10.6. The van der Waals surface area contributed by atoms with Crippen LogP contribution in [0.15, 0.2) is 30.5 Å². The third kappa shape index (κ3) is 5.71. The van der Waals surface area contributed by atoms with Gasteiger partial charge in [-0.1, -0.05) is 12.1 Å². The fourth-order valence-corrected chi connectivity index (χ4v) is 2.03. The van der Waals surface area contributed by atoms with Gasteiger partial charge in [0.2, 0.25) is 5.95 Å². The Balaban J connectivity index is 1.97. The molecule has 2 aromatic rings. The van der Waals surface area contributed by atoms with E-state index in [-0.39, 0.29) is 0 Å². The van der Waals surface area contributed by atoms with Gasteiger partial charge >= 0.3 is 0 Å². The maximum atomic E-state index is 5.58. The molecule has 1 heterocycles. The maximum absolute atomic E-state index is 5.58. The van der Waals surface area contributed by atoms with Crippen molar-refractivity contribution in [3.8, 4) is 5.75 Å². The van der Waals surface area contributed by atoms with E-state index in [2.05, 4.69) is 44.8 Å². The first kappa shape index (κ1) is 17.0. The highest BCUT2D eigenvalue weighted by Gasteiger charge is 2.06. The largest absolute Gasteiger partial charge is 0.492 e. The van der Waals surface area contributed by atoms with Crippen LogP contribution >= 0.6 is 0 Å². The van der Waals surface area contributed by atoms with E-state index in [4.69, 9.17) is 4.74 Å². The van der Waals surface area contributed by atoms with E-state index in [0.29, 0.717) is 18.4 Å². The van der Waals surface area contributed by atoms with Crippen molar-refractivity contribution in [3.05, 3.63) is 30.5 Å². The highest BCUT2D eigenvalue weighted by atomic mass is 16.5. The van der Waals surface area contributed by atoms with Gasteiger partial charge in [0.25, 0.3) is 0 Å². The van der Waals surface area contributed by atoms with Crippen molar-refractivity contribution in [2.24, 2.45) is 0 Å². The summed E-state index contributed by atoms with van der Waals surface area (Å²) in [5.41, 5.74) is 0.820. The number of anilines is 3. The molecule has 1 aromatic carbocycles. The average Bonchev–Trinajstić information content (AvgIpc) is 2.54. The van der Waals surface area contributed by atoms with Crippen LogP contribution in [0.25, 0.3) is 0 Å². The topological polar surface area (TPSA) is 75.2 Å². The summed E-state index contributed by atoms with van der Waals surface area (Å²) in [6.45, 7) is 4.42. The summed E-state index contributed by atoms with van der Waals surface area (Å²) in [6.07, 6.45) is 2.65. The third-order valence-electron chi connectivity index (χ3n) is 3.08. The van der Waals surface area contributed by atoms with Crippen LogP contribution in [0.5, 0.6) is 5.75 Å². The second kappa shape index (κ2) is 8.89. The number of ether oxygens (including phenoxy) is 1. The molecule has 0 fully saturated rings. The van der Waals surface area contributed by atoms with Crippen LogP contribution in [0, 0.1) is 0 Å². The standard InChI is InChI=1S/C16H24N6O/c1-4-23-14-9-6-5-8-13(14)19-16-20-15(12-18-21-16)17-10-7-11-22(2)3/h5-6,8-9,12H,4,7,10-11H2,1-3H3,(H2,17,19,20,21). The van der Waals surface area contributed by atoms with Gasteiger partial charge in [-0.15, -0.1) is 5.10 Å². The number of nitrogens with one attached hydrogen (secondary N) is 2. The Labute approximate surface area is 137 Å². The van der Waals surface area contributed by atoms with Crippen molar-refractivity contribution in [1.82, 2.24) is 20.1 Å². The van der Waals surface area contributed by atoms with Crippen LogP contribution in [0.1, 0.15) is 13.3 Å². The molecule has 7 heteroatoms. The lowest BCUT2D eigenvalue weighted by atomic mass is 10.3. The SMILES string of the molecule is CCOc1ccccc1Nc1nncc(NCCCN(C)C)n1. The van der Waals surface area contributed by atoms with Crippen molar-refractivity contribution in [1.29, 1.82) is 0 Å². The fourth-order valence-electron chi connectivity index (χ4n) is 2.03. The van der Waals surface area contributed by atoms with Gasteiger partial charge in [-0.3, -0.25) is 0 Å². The van der Waals surface area contributed by atoms with Gasteiger partial charge in [-0.25, -0.2) is 0 Å². The second-order valence-corrected chi connectivity index (χ2v) is 5.30. The summed E-state index contributed by atoms with van der Waals surface area (Å²) in [7, 11) is 4.12. The third-order valence-corrected chi connectivity index (χ3v) is 3.08. The maximum Gasteiger partial charge on any atom is 0.249 e. The lowest BCUT2D eigenvalue weighted by Crippen LogP contribution is -2.17. The molecule has 0 radical (unpaired) electrons. The molecular formula is C16H24N6O. The van der Waals surface area contributed by atoms with Gasteiger partial charge in [-0.05, 0) is 46.1 Å². The molecule has 0 saturated heterocycles. The summed E-state index contributed by atoms with van der Waals surface area (Å²) < 4.78 is 5.58. The Morgan fingerprint density at radius 1 is 1.22 bits per heavy atom. The van der Waals surface area contributed by atoms with Crippen LogP contribution in [0.4, 0.5) is 17.5 Å². The number of aromatic nitrogens is 3. The zero-order valence-electron chi connectivity index (χ0n) is 13.9. The summed E-state index contributed by atoms with van der Waals surface area (Å²) in [4.78, 5) is 6.57. The molecule has 0 aliphatic carbocycles. The molecule has 0 aliphatic rings. The van der Waals surface area contributed by atoms with Gasteiger partial charge < -0.3 is 20.3 Å². The van der Waals surface area contributed by atoms with Gasteiger partial charge in [0.1, 0.15) is 5.75 Å². The summed E-state index contributed by atoms with van der Waals surface area (Å²) in [6, 6.07) is 7.69. The molecule has 0 amide bonds. The molecule has 23 heavy (non-hydrogen) atoms. The molecule has 0 spiro atoms. The molecule has 2 rings (SSSR count). The zero-order chi connectivity index (χ0) is 16.5. The summed E-state index contributed by atoms with van der Waals surface area (Å²) >= 11 is 0. The van der Waals surface area contributed by atoms with E-state index in [1.807, 2.05) is 31.2 Å². The van der Waals surface area contributed by atoms with Crippen molar-refractivity contribution >= 4 is 17.5 Å². The van der Waals surface area contributed by atoms with Gasteiger partial charge in [0.15, 0.2) is 5.82 Å². The van der Waals surface area contributed by atoms with Gasteiger partial charge in [0.05, 0.1) is 18.5 Å². The van der Waals surface area contributed by atoms with Crippen molar-refractivity contribution in [2.75, 3.05) is 44.4 Å². The molecule has 0 aliphatic heterocycles. The zero-order valence-corrected chi connectivity index (χ0v) is 13.9. The quantitative estimate of drug-likeness (QED) is 0.688. The van der Waals surface area contributed by atoms with Crippen molar-refractivity contribution < 1.29 is 4.74 Å². The Hall–Kier alpha value is -2.41. The first-order valence-electron chi connectivity index (χ1n) is 7.76. The van der Waals surface area contributed by atoms with Crippen molar-refractivity contribution in [3.63, 3.8) is 0 Å². The molecule has 0 unspecified atom stereocenters. The number of benzene rings is 1. The van der Waals surface area contributed by atoms with Crippen molar-refractivity contribution in [2.45, 2.75) is 13.3 Å². The molecule has 0 bridgehead atoms. The highest BCUT2D eigenvalue weighted by molar-refractivity contribution is 5.62. The average molecular weight is 316 g/mol. The molecule has 7 nitrogen and oxygen atoms in total. The van der Waals surface area contributed by atoms with Crippen LogP contribution < -0.4 is 15.4 Å². The fraction of sp³-hybridized carbons (Fsp3) is 0.438. The lowest BCUT2D eigenvalue weighted by Gasteiger charge is -2.12. The van der Waals surface area contributed by atoms with E-state index in [9.17, 15) is 0 Å². The second-order valence-electron chi connectivity index (χ2n) is 5.30. The Bertz CT molecular complexity index is 605.